The molecule has 28 heavy (non-hydrogen) atoms. The van der Waals surface area contributed by atoms with Crippen LogP contribution in [0.2, 0.25) is 5.02 Å². The van der Waals surface area contributed by atoms with Crippen LogP contribution in [0.15, 0.2) is 53.4 Å². The van der Waals surface area contributed by atoms with Gasteiger partial charge in [-0.2, -0.15) is 4.31 Å². The Morgan fingerprint density at radius 2 is 1.75 bits per heavy atom. The van der Waals surface area contributed by atoms with Crippen molar-refractivity contribution in [1.82, 2.24) is 4.31 Å². The number of hydrogen-bond donors (Lipinski definition) is 0. The highest BCUT2D eigenvalue weighted by Gasteiger charge is 2.27. The number of carbonyl (C=O) groups is 1. The second-order valence-electron chi connectivity index (χ2n) is 6.30. The number of sulfonamides is 1. The summed E-state index contributed by atoms with van der Waals surface area (Å²) in [5.41, 5.74) is 0.517. The summed E-state index contributed by atoms with van der Waals surface area (Å²) < 4.78 is 26.5. The van der Waals surface area contributed by atoms with Crippen LogP contribution in [0.1, 0.15) is 28.8 Å². The molecule has 0 aromatic heterocycles. The van der Waals surface area contributed by atoms with E-state index in [1.54, 1.807) is 0 Å². The zero-order valence-corrected chi connectivity index (χ0v) is 16.3. The van der Waals surface area contributed by atoms with Gasteiger partial charge in [-0.1, -0.05) is 11.6 Å². The molecule has 0 amide bonds. The van der Waals surface area contributed by atoms with Gasteiger partial charge in [-0.25, -0.2) is 8.42 Å². The Morgan fingerprint density at radius 1 is 1.11 bits per heavy atom. The van der Waals surface area contributed by atoms with E-state index in [-0.39, 0.29) is 21.4 Å². The summed E-state index contributed by atoms with van der Waals surface area (Å²) in [6.45, 7) is 1.02. The lowest BCUT2D eigenvalue weighted by Crippen LogP contribution is -2.27. The zero-order chi connectivity index (χ0) is 20.3. The third kappa shape index (κ3) is 4.30. The van der Waals surface area contributed by atoms with Gasteiger partial charge in [0.2, 0.25) is 10.0 Å². The lowest BCUT2D eigenvalue weighted by molar-refractivity contribution is -0.384. The van der Waals surface area contributed by atoms with Crippen LogP contribution in [0.3, 0.4) is 0 Å². The van der Waals surface area contributed by atoms with Crippen molar-refractivity contribution in [2.24, 2.45) is 0 Å². The van der Waals surface area contributed by atoms with Gasteiger partial charge in [-0.15, -0.1) is 0 Å². The molecule has 1 aliphatic rings. The molecule has 1 heterocycles. The Labute approximate surface area is 167 Å². The Hall–Kier alpha value is -2.55. The summed E-state index contributed by atoms with van der Waals surface area (Å²) >= 11 is 6.01. The molecular formula is C19H17ClN2O5S. The van der Waals surface area contributed by atoms with Crippen molar-refractivity contribution in [3.8, 4) is 0 Å². The van der Waals surface area contributed by atoms with Crippen molar-refractivity contribution >= 4 is 39.2 Å². The summed E-state index contributed by atoms with van der Waals surface area (Å²) in [4.78, 5) is 22.8. The van der Waals surface area contributed by atoms with E-state index in [2.05, 4.69) is 0 Å². The Kier molecular flexibility index (Phi) is 5.93. The van der Waals surface area contributed by atoms with Gasteiger partial charge in [0, 0.05) is 35.8 Å². The van der Waals surface area contributed by atoms with Crippen LogP contribution in [-0.4, -0.2) is 36.5 Å². The Balaban J connectivity index is 1.77. The highest BCUT2D eigenvalue weighted by molar-refractivity contribution is 7.89. The number of carbonyl (C=O) groups excluding carboxylic acids is 1. The van der Waals surface area contributed by atoms with Crippen LogP contribution in [0.4, 0.5) is 5.69 Å². The first-order chi connectivity index (χ1) is 13.3. The fraction of sp³-hybridized carbons (Fsp3) is 0.211. The number of nitrogens with zero attached hydrogens (tertiary/aromatic N) is 2. The number of nitro benzene ring substituents is 1. The first kappa shape index (κ1) is 20.2. The van der Waals surface area contributed by atoms with Gasteiger partial charge in [0.05, 0.1) is 9.82 Å². The average molecular weight is 421 g/mol. The number of allylic oxidation sites excluding steroid dienone is 1. The number of rotatable bonds is 6. The maximum atomic E-state index is 12.5. The molecule has 0 unspecified atom stereocenters. The molecular weight excluding hydrogens is 404 g/mol. The second-order valence-corrected chi connectivity index (χ2v) is 8.64. The lowest BCUT2D eigenvalue weighted by atomic mass is 10.1. The second kappa shape index (κ2) is 8.22. The van der Waals surface area contributed by atoms with E-state index < -0.39 is 14.9 Å². The molecule has 0 spiro atoms. The number of benzene rings is 2. The van der Waals surface area contributed by atoms with E-state index in [0.29, 0.717) is 24.2 Å². The number of nitro groups is 1. The fourth-order valence-electron chi connectivity index (χ4n) is 2.90. The molecule has 9 heteroatoms. The summed E-state index contributed by atoms with van der Waals surface area (Å²) in [5, 5.41) is 11.1. The highest BCUT2D eigenvalue weighted by atomic mass is 35.5. The molecule has 0 N–H and O–H groups in total. The molecule has 1 aliphatic heterocycles. The van der Waals surface area contributed by atoms with Crippen molar-refractivity contribution in [1.29, 1.82) is 0 Å². The SMILES string of the molecule is O=C(/C=C/c1cc([N+](=O)[O-])ccc1Cl)c1ccc(S(=O)(=O)N2CCCC2)cc1. The lowest BCUT2D eigenvalue weighted by Gasteiger charge is -2.15. The number of ketones is 1. The smallest absolute Gasteiger partial charge is 0.270 e. The summed E-state index contributed by atoms with van der Waals surface area (Å²) in [7, 11) is -3.53. The Morgan fingerprint density at radius 3 is 2.36 bits per heavy atom. The monoisotopic (exact) mass is 420 g/mol. The Bertz CT molecular complexity index is 1040. The van der Waals surface area contributed by atoms with Crippen LogP contribution >= 0.6 is 11.6 Å². The van der Waals surface area contributed by atoms with Crippen molar-refractivity contribution in [3.63, 3.8) is 0 Å². The van der Waals surface area contributed by atoms with E-state index in [1.807, 2.05) is 0 Å². The van der Waals surface area contributed by atoms with Crippen LogP contribution < -0.4 is 0 Å². The molecule has 3 rings (SSSR count). The predicted octanol–water partition coefficient (Wildman–Crippen LogP) is 3.93. The fourth-order valence-corrected chi connectivity index (χ4v) is 4.60. The molecule has 0 saturated carbocycles. The molecule has 146 valence electrons. The number of non-ortho nitro benzene ring substituents is 1. The average Bonchev–Trinajstić information content (AvgIpc) is 3.22. The van der Waals surface area contributed by atoms with Crippen LogP contribution in [0.5, 0.6) is 0 Å². The molecule has 0 aliphatic carbocycles. The minimum absolute atomic E-state index is 0.132. The normalized spacial score (nSPS) is 15.2. The minimum Gasteiger partial charge on any atom is -0.289 e. The van der Waals surface area contributed by atoms with E-state index in [9.17, 15) is 23.3 Å². The van der Waals surface area contributed by atoms with E-state index in [0.717, 1.165) is 12.8 Å². The maximum absolute atomic E-state index is 12.5. The summed E-state index contributed by atoms with van der Waals surface area (Å²) in [6, 6.07) is 9.67. The van der Waals surface area contributed by atoms with E-state index in [4.69, 9.17) is 11.6 Å². The first-order valence-corrected chi connectivity index (χ1v) is 10.4. The van der Waals surface area contributed by atoms with Gasteiger partial charge in [-0.3, -0.25) is 14.9 Å². The van der Waals surface area contributed by atoms with Gasteiger partial charge in [0.15, 0.2) is 5.78 Å². The summed E-state index contributed by atoms with van der Waals surface area (Å²) in [5.74, 6) is -0.368. The van der Waals surface area contributed by atoms with Crippen LogP contribution in [-0.2, 0) is 10.0 Å². The van der Waals surface area contributed by atoms with E-state index >= 15 is 0 Å². The predicted molar refractivity (Wildman–Crippen MR) is 106 cm³/mol. The molecule has 2 aromatic rings. The molecule has 0 atom stereocenters. The maximum Gasteiger partial charge on any atom is 0.270 e. The molecule has 0 radical (unpaired) electrons. The topological polar surface area (TPSA) is 97.6 Å². The molecule has 1 saturated heterocycles. The molecule has 7 nitrogen and oxygen atoms in total. The van der Waals surface area contributed by atoms with Crippen LogP contribution in [0, 0.1) is 10.1 Å². The van der Waals surface area contributed by atoms with E-state index in [1.165, 1.54) is 58.9 Å². The van der Waals surface area contributed by atoms with Gasteiger partial charge in [0.25, 0.3) is 5.69 Å². The van der Waals surface area contributed by atoms with Gasteiger partial charge in [-0.05, 0) is 60.9 Å². The standard InChI is InChI=1S/C19H17ClN2O5S/c20-18-9-6-16(22(24)25)13-15(18)5-10-19(23)14-3-7-17(8-4-14)28(26,27)21-11-1-2-12-21/h3-10,13H,1-2,11-12H2/b10-5+. The summed E-state index contributed by atoms with van der Waals surface area (Å²) in [6.07, 6.45) is 4.34. The first-order valence-electron chi connectivity index (χ1n) is 8.55. The van der Waals surface area contributed by atoms with Crippen LogP contribution in [0.25, 0.3) is 6.08 Å². The molecule has 0 bridgehead atoms. The molecule has 1 fully saturated rings. The van der Waals surface area contributed by atoms with Crippen molar-refractivity contribution in [2.75, 3.05) is 13.1 Å². The van der Waals surface area contributed by atoms with Crippen molar-refractivity contribution in [2.45, 2.75) is 17.7 Å². The minimum atomic E-state index is -3.53. The van der Waals surface area contributed by atoms with Crippen molar-refractivity contribution < 1.29 is 18.1 Å². The van der Waals surface area contributed by atoms with Gasteiger partial charge < -0.3 is 0 Å². The highest BCUT2D eigenvalue weighted by Crippen LogP contribution is 2.24. The third-order valence-electron chi connectivity index (χ3n) is 4.45. The van der Waals surface area contributed by atoms with Crippen molar-refractivity contribution in [3.05, 3.63) is 74.8 Å². The largest absolute Gasteiger partial charge is 0.289 e. The number of halogens is 1. The molecule has 2 aromatic carbocycles. The zero-order valence-electron chi connectivity index (χ0n) is 14.7. The number of hydrogen-bond acceptors (Lipinski definition) is 5. The van der Waals surface area contributed by atoms with Gasteiger partial charge >= 0.3 is 0 Å². The third-order valence-corrected chi connectivity index (χ3v) is 6.70. The quantitative estimate of drug-likeness (QED) is 0.305. The van der Waals surface area contributed by atoms with Gasteiger partial charge in [0.1, 0.15) is 0 Å².